The van der Waals surface area contributed by atoms with Gasteiger partial charge in [0, 0.05) is 0 Å². The number of phosphoric ester groups is 1. The van der Waals surface area contributed by atoms with Gasteiger partial charge >= 0.3 is 7.82 Å². The predicted molar refractivity (Wildman–Crippen MR) is 144 cm³/mol. The minimum atomic E-state index is -3.42. The van der Waals surface area contributed by atoms with Crippen molar-refractivity contribution >= 4 is 7.82 Å². The zero-order valence-corrected chi connectivity index (χ0v) is 23.7. The van der Waals surface area contributed by atoms with Gasteiger partial charge in [-0.25, -0.2) is 4.57 Å². The lowest BCUT2D eigenvalue weighted by Gasteiger charge is -2.18. The normalized spacial score (nSPS) is 12.0. The molecule has 5 heteroatoms. The molecule has 200 valence electrons. The molecule has 0 bridgehead atoms. The zero-order valence-electron chi connectivity index (χ0n) is 22.8. The summed E-state index contributed by atoms with van der Waals surface area (Å²) in [6, 6.07) is 0. The highest BCUT2D eigenvalue weighted by Crippen LogP contribution is 2.50. The van der Waals surface area contributed by atoms with E-state index < -0.39 is 7.82 Å². The summed E-state index contributed by atoms with van der Waals surface area (Å²) in [7, 11) is -3.42. The van der Waals surface area contributed by atoms with E-state index in [4.69, 9.17) is 13.6 Å². The molecule has 0 saturated carbocycles. The van der Waals surface area contributed by atoms with E-state index in [0.717, 1.165) is 38.5 Å². The Morgan fingerprint density at radius 2 is 0.576 bits per heavy atom. The van der Waals surface area contributed by atoms with Crippen molar-refractivity contribution in [3.8, 4) is 0 Å². The van der Waals surface area contributed by atoms with Gasteiger partial charge in [-0.3, -0.25) is 13.6 Å². The van der Waals surface area contributed by atoms with Crippen LogP contribution in [0.25, 0.3) is 0 Å². The van der Waals surface area contributed by atoms with Gasteiger partial charge in [-0.2, -0.15) is 0 Å². The Hall–Kier alpha value is 0.110. The minimum absolute atomic E-state index is 0.465. The molecule has 0 amide bonds. The molecular formula is C28H59O4P. The Labute approximate surface area is 207 Å². The van der Waals surface area contributed by atoms with E-state index in [2.05, 4.69) is 20.8 Å². The van der Waals surface area contributed by atoms with Gasteiger partial charge in [0.05, 0.1) is 19.8 Å². The summed E-state index contributed by atoms with van der Waals surface area (Å²) in [6.07, 6.45) is 27.0. The van der Waals surface area contributed by atoms with Crippen molar-refractivity contribution in [1.82, 2.24) is 0 Å². The molecule has 0 aromatic carbocycles. The maximum Gasteiger partial charge on any atom is 0.474 e. The molecule has 4 nitrogen and oxygen atoms in total. The highest BCUT2D eigenvalue weighted by atomic mass is 31.2. The standard InChI is InChI=1S/C28H59O4P/c1-4-7-10-13-15-17-19-21-24-27-31-33(29,30-26-23-12-9-6-3)32-28-25-22-20-18-16-14-11-8-5-2/h4-28H2,1-3H3. The molecule has 0 rings (SSSR count). The van der Waals surface area contributed by atoms with E-state index in [9.17, 15) is 4.57 Å². The highest BCUT2D eigenvalue weighted by Gasteiger charge is 2.26. The van der Waals surface area contributed by atoms with Gasteiger partial charge in [0.2, 0.25) is 0 Å². The van der Waals surface area contributed by atoms with Crippen LogP contribution in [0.4, 0.5) is 0 Å². The second-order valence-electron chi connectivity index (χ2n) is 9.66. The van der Waals surface area contributed by atoms with Crippen molar-refractivity contribution in [2.24, 2.45) is 0 Å². The van der Waals surface area contributed by atoms with Crippen molar-refractivity contribution in [1.29, 1.82) is 0 Å². The molecule has 0 aromatic rings. The van der Waals surface area contributed by atoms with Crippen LogP contribution in [0.3, 0.4) is 0 Å². The summed E-state index contributed by atoms with van der Waals surface area (Å²) in [5.74, 6) is 0. The monoisotopic (exact) mass is 490 g/mol. The summed E-state index contributed by atoms with van der Waals surface area (Å²) < 4.78 is 30.1. The zero-order chi connectivity index (χ0) is 24.3. The molecule has 0 aliphatic rings. The Kier molecular flexibility index (Phi) is 26.8. The Morgan fingerprint density at radius 1 is 0.364 bits per heavy atom. The average Bonchev–Trinajstić information content (AvgIpc) is 2.81. The molecule has 0 radical (unpaired) electrons. The Bertz CT molecular complexity index is 389. The highest BCUT2D eigenvalue weighted by molar-refractivity contribution is 7.48. The molecule has 0 aromatic heterocycles. The van der Waals surface area contributed by atoms with Gasteiger partial charge in [0.1, 0.15) is 0 Å². The molecule has 0 aliphatic carbocycles. The van der Waals surface area contributed by atoms with Crippen molar-refractivity contribution < 1.29 is 18.1 Å². The molecule has 0 fully saturated rings. The van der Waals surface area contributed by atoms with Gasteiger partial charge in [-0.1, -0.05) is 143 Å². The van der Waals surface area contributed by atoms with Gasteiger partial charge in [0.25, 0.3) is 0 Å². The minimum Gasteiger partial charge on any atom is -0.287 e. The first-order valence-electron chi connectivity index (χ1n) is 14.7. The summed E-state index contributed by atoms with van der Waals surface area (Å²) >= 11 is 0. The van der Waals surface area contributed by atoms with E-state index in [1.807, 2.05) is 0 Å². The van der Waals surface area contributed by atoms with Gasteiger partial charge in [-0.05, 0) is 19.3 Å². The van der Waals surface area contributed by atoms with Crippen molar-refractivity contribution in [2.75, 3.05) is 19.8 Å². The lowest BCUT2D eigenvalue weighted by Crippen LogP contribution is -2.04. The number of hydrogen-bond acceptors (Lipinski definition) is 4. The molecule has 0 spiro atoms. The molecule has 0 saturated heterocycles. The van der Waals surface area contributed by atoms with Crippen LogP contribution < -0.4 is 0 Å². The summed E-state index contributed by atoms with van der Waals surface area (Å²) in [4.78, 5) is 0. The first-order valence-corrected chi connectivity index (χ1v) is 16.2. The van der Waals surface area contributed by atoms with Crippen LogP contribution in [0.2, 0.25) is 0 Å². The lowest BCUT2D eigenvalue weighted by atomic mass is 10.1. The Morgan fingerprint density at radius 3 is 0.848 bits per heavy atom. The molecule has 33 heavy (non-hydrogen) atoms. The molecule has 0 atom stereocenters. The van der Waals surface area contributed by atoms with Gasteiger partial charge < -0.3 is 0 Å². The third-order valence-electron chi connectivity index (χ3n) is 6.24. The van der Waals surface area contributed by atoms with Gasteiger partial charge in [0.15, 0.2) is 0 Å². The fourth-order valence-corrected chi connectivity index (χ4v) is 5.28. The van der Waals surface area contributed by atoms with Crippen LogP contribution in [0.5, 0.6) is 0 Å². The summed E-state index contributed by atoms with van der Waals surface area (Å²) in [5, 5.41) is 0. The van der Waals surface area contributed by atoms with Crippen LogP contribution in [-0.2, 0) is 18.1 Å². The van der Waals surface area contributed by atoms with E-state index in [1.165, 1.54) is 103 Å². The fourth-order valence-electron chi connectivity index (χ4n) is 4.00. The van der Waals surface area contributed by atoms with Crippen LogP contribution in [0.15, 0.2) is 0 Å². The molecule has 0 aliphatic heterocycles. The molecular weight excluding hydrogens is 431 g/mol. The maximum absolute atomic E-state index is 13.1. The molecule has 0 heterocycles. The number of unbranched alkanes of at least 4 members (excludes halogenated alkanes) is 19. The summed E-state index contributed by atoms with van der Waals surface area (Å²) in [5.41, 5.74) is 0. The number of rotatable bonds is 28. The SMILES string of the molecule is CCCCCCCCCCCOP(=O)(OCCCCCC)OCCCCCCCCCCC. The first-order chi connectivity index (χ1) is 16.2. The van der Waals surface area contributed by atoms with E-state index in [1.54, 1.807) is 0 Å². The quantitative estimate of drug-likeness (QED) is 0.0808. The smallest absolute Gasteiger partial charge is 0.287 e. The predicted octanol–water partition coefficient (Wildman–Crippen LogP) is 10.8. The van der Waals surface area contributed by atoms with E-state index in [-0.39, 0.29) is 0 Å². The van der Waals surface area contributed by atoms with Crippen LogP contribution >= 0.6 is 7.82 Å². The third kappa shape index (κ3) is 25.0. The van der Waals surface area contributed by atoms with E-state index in [0.29, 0.717) is 19.8 Å². The second-order valence-corrected chi connectivity index (χ2v) is 11.3. The molecule has 0 unspecified atom stereocenters. The maximum atomic E-state index is 13.1. The van der Waals surface area contributed by atoms with E-state index >= 15 is 0 Å². The van der Waals surface area contributed by atoms with Crippen molar-refractivity contribution in [3.05, 3.63) is 0 Å². The Balaban J connectivity index is 3.96. The van der Waals surface area contributed by atoms with Crippen LogP contribution in [0.1, 0.15) is 162 Å². The van der Waals surface area contributed by atoms with Crippen LogP contribution in [0, 0.1) is 0 Å². The largest absolute Gasteiger partial charge is 0.474 e. The number of phosphoric acid groups is 1. The van der Waals surface area contributed by atoms with Crippen molar-refractivity contribution in [2.45, 2.75) is 162 Å². The summed E-state index contributed by atoms with van der Waals surface area (Å²) in [6.45, 7) is 8.11. The van der Waals surface area contributed by atoms with Crippen molar-refractivity contribution in [3.63, 3.8) is 0 Å². The van der Waals surface area contributed by atoms with Gasteiger partial charge in [-0.15, -0.1) is 0 Å². The average molecular weight is 491 g/mol. The lowest BCUT2D eigenvalue weighted by molar-refractivity contribution is 0.108. The fraction of sp³-hybridized carbons (Fsp3) is 1.00. The van der Waals surface area contributed by atoms with Crippen LogP contribution in [-0.4, -0.2) is 19.8 Å². The second kappa shape index (κ2) is 26.7. The first kappa shape index (κ1) is 33.1. The number of hydrogen-bond donors (Lipinski definition) is 0. The topological polar surface area (TPSA) is 44.8 Å². The third-order valence-corrected chi connectivity index (χ3v) is 7.74. The molecule has 0 N–H and O–H groups in total.